The summed E-state index contributed by atoms with van der Waals surface area (Å²) in [6, 6.07) is 0. The second-order valence-corrected chi connectivity index (χ2v) is 15.4. The fraction of sp³-hybridized carbons (Fsp3) is 1.00. The van der Waals surface area contributed by atoms with Crippen LogP contribution in [0.3, 0.4) is 0 Å². The van der Waals surface area contributed by atoms with E-state index in [2.05, 4.69) is 17.1 Å². The zero-order valence-corrected chi connectivity index (χ0v) is 24.8. The third-order valence-corrected chi connectivity index (χ3v) is 11.6. The summed E-state index contributed by atoms with van der Waals surface area (Å²) >= 11 is 0. The predicted octanol–water partition coefficient (Wildman–Crippen LogP) is 3.80. The molecule has 220 valence electrons. The lowest BCUT2D eigenvalue weighted by molar-refractivity contribution is 0.327. The van der Waals surface area contributed by atoms with E-state index in [1.807, 2.05) is 0 Å². The van der Waals surface area contributed by atoms with Gasteiger partial charge in [0, 0.05) is 0 Å². The van der Waals surface area contributed by atoms with Crippen LogP contribution in [0, 0.1) is 0 Å². The summed E-state index contributed by atoms with van der Waals surface area (Å²) < 4.78 is 80.0. The van der Waals surface area contributed by atoms with Crippen molar-refractivity contribution in [2.75, 3.05) is 50.8 Å². The maximum absolute atomic E-state index is 12.0. The highest BCUT2D eigenvalue weighted by molar-refractivity contribution is 8.03. The molecule has 0 aromatic heterocycles. The van der Waals surface area contributed by atoms with E-state index in [4.69, 9.17) is 0 Å². The molecule has 0 aliphatic carbocycles. The van der Waals surface area contributed by atoms with E-state index >= 15 is 0 Å². The Kier molecular flexibility index (Phi) is 15.5. The van der Waals surface area contributed by atoms with Gasteiger partial charge in [-0.05, 0) is 90.6 Å². The highest BCUT2D eigenvalue weighted by atomic mass is 32.3. The Balaban J connectivity index is 1.50. The van der Waals surface area contributed by atoms with Crippen LogP contribution >= 0.6 is 0 Å². The molecule has 2 aliphatic heterocycles. The summed E-state index contributed by atoms with van der Waals surface area (Å²) in [6.45, 7) is 6.97. The molecule has 0 aromatic carbocycles. The minimum absolute atomic E-state index is 0.245. The van der Waals surface area contributed by atoms with E-state index in [0.717, 1.165) is 64.5 Å². The number of nitrogens with zero attached hydrogens (tertiary/aromatic N) is 2. The van der Waals surface area contributed by atoms with Gasteiger partial charge in [0.2, 0.25) is 0 Å². The largest absolute Gasteiger partial charge is 0.429 e. The Labute approximate surface area is 226 Å². The van der Waals surface area contributed by atoms with Crippen molar-refractivity contribution in [1.29, 1.82) is 0 Å². The predicted molar refractivity (Wildman–Crippen MR) is 145 cm³/mol. The first kappa shape index (κ1) is 32.9. The molecule has 0 atom stereocenters. The van der Waals surface area contributed by atoms with Crippen molar-refractivity contribution >= 4 is 30.6 Å². The average molecular weight is 589 g/mol. The number of hydrogen-bond acceptors (Lipinski definition) is 10. The summed E-state index contributed by atoms with van der Waals surface area (Å²) in [7, 11) is -14.1. The van der Waals surface area contributed by atoms with Crippen molar-refractivity contribution in [3.05, 3.63) is 0 Å². The molecule has 10 nitrogen and oxygen atoms in total. The second kappa shape index (κ2) is 17.4. The SMILES string of the molecule is O=S(=O)(CCCCCCCCN1CCCC1)OS(=O)(=O)OS(=O)(=O)CCCCCCCCN1CCCC1. The lowest BCUT2D eigenvalue weighted by Crippen LogP contribution is -2.23. The van der Waals surface area contributed by atoms with E-state index in [1.165, 1.54) is 51.9 Å². The lowest BCUT2D eigenvalue weighted by Gasteiger charge is -2.13. The summed E-state index contributed by atoms with van der Waals surface area (Å²) in [4.78, 5) is 4.93. The van der Waals surface area contributed by atoms with Gasteiger partial charge in [0.05, 0.1) is 11.5 Å². The van der Waals surface area contributed by atoms with Crippen LogP contribution in [0.4, 0.5) is 0 Å². The first-order chi connectivity index (χ1) is 17.6. The smallest absolute Gasteiger partial charge is 0.303 e. The highest BCUT2D eigenvalue weighted by Gasteiger charge is 2.29. The van der Waals surface area contributed by atoms with Gasteiger partial charge >= 0.3 is 10.4 Å². The quantitative estimate of drug-likeness (QED) is 0.172. The summed E-state index contributed by atoms with van der Waals surface area (Å²) in [6.07, 6.45) is 15.0. The Morgan fingerprint density at radius 1 is 0.432 bits per heavy atom. The van der Waals surface area contributed by atoms with Crippen molar-refractivity contribution in [1.82, 2.24) is 9.80 Å². The van der Waals surface area contributed by atoms with Crippen LogP contribution in [0.5, 0.6) is 0 Å². The Bertz CT molecular complexity index is 857. The highest BCUT2D eigenvalue weighted by Crippen LogP contribution is 2.15. The molecule has 0 radical (unpaired) electrons. The van der Waals surface area contributed by atoms with Crippen molar-refractivity contribution in [2.24, 2.45) is 0 Å². The van der Waals surface area contributed by atoms with Crippen LogP contribution in [-0.4, -0.2) is 85.8 Å². The van der Waals surface area contributed by atoms with Gasteiger partial charge in [0.15, 0.2) is 0 Å². The normalized spacial score (nSPS) is 18.2. The molecule has 2 rings (SSSR count). The second-order valence-electron chi connectivity index (χ2n) is 10.4. The van der Waals surface area contributed by atoms with E-state index in [1.54, 1.807) is 0 Å². The minimum atomic E-state index is -5.21. The molecule has 0 amide bonds. The number of rotatable bonds is 22. The van der Waals surface area contributed by atoms with Crippen LogP contribution in [0.25, 0.3) is 0 Å². The maximum atomic E-state index is 12.0. The molecule has 0 bridgehead atoms. The monoisotopic (exact) mass is 588 g/mol. The fourth-order valence-electron chi connectivity index (χ4n) is 4.99. The molecule has 0 unspecified atom stereocenters. The third kappa shape index (κ3) is 16.4. The summed E-state index contributed by atoms with van der Waals surface area (Å²) in [5.74, 6) is -0.998. The molecule has 37 heavy (non-hydrogen) atoms. The van der Waals surface area contributed by atoms with Crippen LogP contribution in [0.15, 0.2) is 0 Å². The van der Waals surface area contributed by atoms with Gasteiger partial charge in [-0.1, -0.05) is 51.4 Å². The third-order valence-electron chi connectivity index (χ3n) is 7.01. The van der Waals surface area contributed by atoms with Crippen LogP contribution in [0.1, 0.15) is 103 Å². The summed E-state index contributed by atoms with van der Waals surface area (Å²) in [5.41, 5.74) is 0. The number of hydrogen-bond donors (Lipinski definition) is 0. The summed E-state index contributed by atoms with van der Waals surface area (Å²) in [5, 5.41) is 0. The van der Waals surface area contributed by atoms with Gasteiger partial charge < -0.3 is 9.80 Å². The van der Waals surface area contributed by atoms with E-state index in [9.17, 15) is 25.3 Å². The van der Waals surface area contributed by atoms with Gasteiger partial charge in [-0.25, -0.2) is 0 Å². The lowest BCUT2D eigenvalue weighted by atomic mass is 10.1. The van der Waals surface area contributed by atoms with E-state index < -0.39 is 42.1 Å². The number of likely N-dealkylation sites (tertiary alicyclic amines) is 2. The molecular weight excluding hydrogens is 540 g/mol. The van der Waals surface area contributed by atoms with Gasteiger partial charge in [-0.15, -0.1) is 7.26 Å². The molecule has 0 N–H and O–H groups in total. The van der Waals surface area contributed by atoms with Gasteiger partial charge in [0.1, 0.15) is 0 Å². The minimum Gasteiger partial charge on any atom is -0.303 e. The molecule has 13 heteroatoms. The maximum Gasteiger partial charge on any atom is 0.429 e. The van der Waals surface area contributed by atoms with Gasteiger partial charge in [0.25, 0.3) is 20.2 Å². The van der Waals surface area contributed by atoms with E-state index in [0.29, 0.717) is 12.8 Å². The number of unbranched alkanes of at least 4 members (excludes halogenated alkanes) is 10. The van der Waals surface area contributed by atoms with Crippen molar-refractivity contribution in [3.8, 4) is 0 Å². The first-order valence-electron chi connectivity index (χ1n) is 14.1. The van der Waals surface area contributed by atoms with Gasteiger partial charge in [-0.2, -0.15) is 25.3 Å². The zero-order valence-electron chi connectivity index (χ0n) is 22.4. The molecule has 0 saturated carbocycles. The molecule has 0 aromatic rings. The molecule has 0 spiro atoms. The Morgan fingerprint density at radius 3 is 1.08 bits per heavy atom. The molecule has 2 fully saturated rings. The van der Waals surface area contributed by atoms with Gasteiger partial charge in [-0.3, -0.25) is 0 Å². The fourth-order valence-corrected chi connectivity index (χ4v) is 8.97. The first-order valence-corrected chi connectivity index (χ1v) is 18.6. The van der Waals surface area contributed by atoms with Crippen LogP contribution in [0.2, 0.25) is 0 Å². The van der Waals surface area contributed by atoms with Crippen molar-refractivity contribution in [2.45, 2.75) is 103 Å². The van der Waals surface area contributed by atoms with Crippen LogP contribution < -0.4 is 0 Å². The molecule has 2 aliphatic rings. The molecule has 2 heterocycles. The van der Waals surface area contributed by atoms with Crippen LogP contribution in [-0.2, 0) is 37.9 Å². The Hall–Kier alpha value is -0.310. The zero-order chi connectivity index (χ0) is 27.0. The standard InChI is InChI=1S/C24H48N2O8S3/c27-35(28,23-15-7-3-1-5-9-17-25-19-11-12-20-25)33-37(31,32)34-36(29,30)24-16-8-4-2-6-10-18-26-21-13-14-22-26/h1-24H2. The van der Waals surface area contributed by atoms with Crippen molar-refractivity contribution in [3.63, 3.8) is 0 Å². The average Bonchev–Trinajstić information content (AvgIpc) is 3.50. The topological polar surface area (TPSA) is 127 Å². The molecular formula is C24H48N2O8S3. The van der Waals surface area contributed by atoms with E-state index in [-0.39, 0.29) is 12.8 Å². The van der Waals surface area contributed by atoms with Crippen molar-refractivity contribution < 1.29 is 32.5 Å². The molecule has 2 saturated heterocycles. The Morgan fingerprint density at radius 2 is 0.730 bits per heavy atom.